The van der Waals surface area contributed by atoms with Crippen LogP contribution in [0.3, 0.4) is 0 Å². The largest absolute Gasteiger partial charge is 0.508 e. The van der Waals surface area contributed by atoms with Gasteiger partial charge in [-0.3, -0.25) is 0 Å². The van der Waals surface area contributed by atoms with E-state index in [4.69, 9.17) is 37.4 Å². The smallest absolute Gasteiger partial charge is 0.121 e. The van der Waals surface area contributed by atoms with E-state index < -0.39 is 6.10 Å². The zero-order valence-corrected chi connectivity index (χ0v) is 21.4. The van der Waals surface area contributed by atoms with Crippen molar-refractivity contribution in [3.8, 4) is 5.75 Å². The van der Waals surface area contributed by atoms with Crippen LogP contribution in [-0.4, -0.2) is 49.7 Å². The highest BCUT2D eigenvalue weighted by Crippen LogP contribution is 2.25. The third kappa shape index (κ3) is 10.9. The lowest BCUT2D eigenvalue weighted by Crippen LogP contribution is -2.22. The van der Waals surface area contributed by atoms with Gasteiger partial charge in [-0.15, -0.1) is 0 Å². The number of benzene rings is 2. The Morgan fingerprint density at radius 1 is 0.882 bits per heavy atom. The number of halogens is 2. The normalized spacial score (nSPS) is 12.2. The van der Waals surface area contributed by atoms with E-state index in [1.54, 1.807) is 30.3 Å². The molecule has 2 aromatic rings. The Labute approximate surface area is 213 Å². The van der Waals surface area contributed by atoms with Gasteiger partial charge in [-0.25, -0.2) is 0 Å². The first-order chi connectivity index (χ1) is 16.5. The maximum absolute atomic E-state index is 10.4. The zero-order valence-electron chi connectivity index (χ0n) is 19.9. The second-order valence-corrected chi connectivity index (χ2v) is 8.84. The van der Waals surface area contributed by atoms with E-state index in [0.29, 0.717) is 61.8 Å². The molecule has 0 aliphatic heterocycles. The van der Waals surface area contributed by atoms with Crippen molar-refractivity contribution in [3.63, 3.8) is 0 Å². The van der Waals surface area contributed by atoms with Crippen LogP contribution in [0, 0.1) is 0 Å². The van der Waals surface area contributed by atoms with E-state index in [-0.39, 0.29) is 5.75 Å². The lowest BCUT2D eigenvalue weighted by Gasteiger charge is -2.14. The van der Waals surface area contributed by atoms with Crippen LogP contribution in [0.4, 0.5) is 0 Å². The molecular weight excluding hydrogens is 477 g/mol. The summed E-state index contributed by atoms with van der Waals surface area (Å²) in [6.07, 6.45) is 3.63. The summed E-state index contributed by atoms with van der Waals surface area (Å²) in [7, 11) is 0. The Hall–Kier alpha value is -1.38. The molecule has 34 heavy (non-hydrogen) atoms. The van der Waals surface area contributed by atoms with E-state index in [1.807, 2.05) is 13.0 Å². The van der Waals surface area contributed by atoms with E-state index in [1.165, 1.54) is 0 Å². The highest BCUT2D eigenvalue weighted by atomic mass is 35.5. The third-order valence-corrected chi connectivity index (χ3v) is 6.07. The fraction of sp³-hybridized carbons (Fsp3) is 0.538. The molecule has 0 spiro atoms. The van der Waals surface area contributed by atoms with Gasteiger partial charge in [-0.05, 0) is 56.1 Å². The Bertz CT molecular complexity index is 817. The highest BCUT2D eigenvalue weighted by Gasteiger charge is 2.10. The number of nitrogens with one attached hydrogen (secondary N) is 1. The number of phenolic OH excluding ortho intramolecular Hbond substituents is 1. The average Bonchev–Trinajstić information content (AvgIpc) is 2.83. The number of hydrogen-bond acceptors (Lipinski definition) is 6. The predicted molar refractivity (Wildman–Crippen MR) is 137 cm³/mol. The summed E-state index contributed by atoms with van der Waals surface area (Å²) in [6, 6.07) is 10.6. The molecule has 0 unspecified atom stereocenters. The van der Waals surface area contributed by atoms with Crippen LogP contribution in [0.25, 0.3) is 0 Å². The van der Waals surface area contributed by atoms with Gasteiger partial charge in [-0.2, -0.15) is 0 Å². The molecule has 1 atom stereocenters. The molecule has 8 heteroatoms. The molecule has 0 amide bonds. The number of aliphatic hydroxyl groups is 1. The van der Waals surface area contributed by atoms with Crippen LogP contribution in [0.5, 0.6) is 5.75 Å². The van der Waals surface area contributed by atoms with Crippen molar-refractivity contribution in [3.05, 3.63) is 63.1 Å². The molecule has 0 heterocycles. The third-order valence-electron chi connectivity index (χ3n) is 5.36. The van der Waals surface area contributed by atoms with Crippen molar-refractivity contribution < 1.29 is 24.4 Å². The number of aliphatic hydroxyl groups excluding tert-OH is 1. The summed E-state index contributed by atoms with van der Waals surface area (Å²) in [5, 5.41) is 24.8. The van der Waals surface area contributed by atoms with Crippen LogP contribution < -0.4 is 5.32 Å². The Balaban J connectivity index is 1.44. The molecule has 0 bridgehead atoms. The van der Waals surface area contributed by atoms with Gasteiger partial charge in [0.15, 0.2) is 0 Å². The second kappa shape index (κ2) is 17.1. The van der Waals surface area contributed by atoms with Crippen LogP contribution in [0.2, 0.25) is 10.0 Å². The van der Waals surface area contributed by atoms with Gasteiger partial charge < -0.3 is 29.7 Å². The first kappa shape index (κ1) is 28.9. The van der Waals surface area contributed by atoms with Gasteiger partial charge in [0.25, 0.3) is 0 Å². The first-order valence-corrected chi connectivity index (χ1v) is 12.6. The molecule has 3 N–H and O–H groups in total. The minimum Gasteiger partial charge on any atom is -0.508 e. The van der Waals surface area contributed by atoms with Crippen LogP contribution in [0.15, 0.2) is 36.4 Å². The van der Waals surface area contributed by atoms with Gasteiger partial charge in [0.1, 0.15) is 5.75 Å². The van der Waals surface area contributed by atoms with Crippen LogP contribution in [-0.2, 0) is 27.4 Å². The minimum absolute atomic E-state index is 0.191. The van der Waals surface area contributed by atoms with E-state index in [2.05, 4.69) is 5.32 Å². The number of unbranched alkanes of at least 4 members (excludes halogenated alkanes) is 3. The van der Waals surface area contributed by atoms with Gasteiger partial charge in [-0.1, -0.05) is 48.2 Å². The summed E-state index contributed by atoms with van der Waals surface area (Å²) in [6.45, 7) is 6.29. The summed E-state index contributed by atoms with van der Waals surface area (Å²) in [5.41, 5.74) is 2.27. The lowest BCUT2D eigenvalue weighted by atomic mass is 10.1. The fourth-order valence-corrected chi connectivity index (χ4v) is 3.88. The highest BCUT2D eigenvalue weighted by molar-refractivity contribution is 6.35. The molecule has 6 nitrogen and oxygen atoms in total. The van der Waals surface area contributed by atoms with Crippen LogP contribution in [0.1, 0.15) is 55.4 Å². The van der Waals surface area contributed by atoms with E-state index >= 15 is 0 Å². The lowest BCUT2D eigenvalue weighted by molar-refractivity contribution is 0.0393. The maximum Gasteiger partial charge on any atom is 0.121 e. The molecule has 0 fully saturated rings. The molecule has 0 aliphatic carbocycles. The molecule has 2 rings (SSSR count). The Kier molecular flexibility index (Phi) is 14.5. The Morgan fingerprint density at radius 3 is 2.38 bits per heavy atom. The van der Waals surface area contributed by atoms with E-state index in [9.17, 15) is 10.2 Å². The summed E-state index contributed by atoms with van der Waals surface area (Å²) in [5.74, 6) is 0.191. The molecule has 0 saturated carbocycles. The number of hydrogen-bond donors (Lipinski definition) is 3. The maximum atomic E-state index is 10.4. The molecule has 0 saturated heterocycles. The molecule has 0 aliphatic rings. The van der Waals surface area contributed by atoms with Crippen molar-refractivity contribution in [1.82, 2.24) is 5.32 Å². The first-order valence-electron chi connectivity index (χ1n) is 11.9. The van der Waals surface area contributed by atoms with Crippen LogP contribution >= 0.6 is 23.2 Å². The van der Waals surface area contributed by atoms with Crippen molar-refractivity contribution in [1.29, 1.82) is 0 Å². The number of rotatable bonds is 18. The van der Waals surface area contributed by atoms with Gasteiger partial charge in [0, 0.05) is 40.9 Å². The van der Waals surface area contributed by atoms with Crippen molar-refractivity contribution in [2.24, 2.45) is 0 Å². The SMILES string of the molecule is CCOCc1cc([C@@H](O)CNCCCCCCOCCOCc2c(Cl)cccc2Cl)ccc1O. The number of aromatic hydroxyl groups is 1. The fourth-order valence-electron chi connectivity index (χ4n) is 3.37. The molecule has 190 valence electrons. The monoisotopic (exact) mass is 513 g/mol. The average molecular weight is 514 g/mol. The summed E-state index contributed by atoms with van der Waals surface area (Å²) < 4.78 is 16.6. The second-order valence-electron chi connectivity index (χ2n) is 8.02. The summed E-state index contributed by atoms with van der Waals surface area (Å²) in [4.78, 5) is 0. The van der Waals surface area contributed by atoms with Gasteiger partial charge >= 0.3 is 0 Å². The number of phenols is 1. The zero-order chi connectivity index (χ0) is 24.6. The van der Waals surface area contributed by atoms with E-state index in [0.717, 1.165) is 43.4 Å². The number of ether oxygens (including phenoxy) is 3. The molecule has 0 radical (unpaired) electrons. The van der Waals surface area contributed by atoms with Gasteiger partial charge in [0.05, 0.1) is 32.5 Å². The van der Waals surface area contributed by atoms with Crippen molar-refractivity contribution in [2.45, 2.75) is 51.9 Å². The molecule has 2 aromatic carbocycles. The Morgan fingerprint density at radius 2 is 1.62 bits per heavy atom. The molecule has 0 aromatic heterocycles. The quantitative estimate of drug-likeness (QED) is 0.223. The van der Waals surface area contributed by atoms with Gasteiger partial charge in [0.2, 0.25) is 0 Å². The standard InChI is InChI=1S/C26H37Cl2NO5/c1-2-32-18-21-16-20(10-11-25(21)30)26(31)17-29-12-5-3-4-6-13-33-14-15-34-19-22-23(27)8-7-9-24(22)28/h7-11,16,26,29-31H,2-6,12-15,17-19H2,1H3/t26-/m0/s1. The van der Waals surface area contributed by atoms with Crippen molar-refractivity contribution >= 4 is 23.2 Å². The predicted octanol–water partition coefficient (Wildman–Crippen LogP) is 5.65. The van der Waals surface area contributed by atoms with Crippen molar-refractivity contribution in [2.75, 3.05) is 39.5 Å². The minimum atomic E-state index is -0.620. The molecular formula is C26H37Cl2NO5. The summed E-state index contributed by atoms with van der Waals surface area (Å²) >= 11 is 12.2. The topological polar surface area (TPSA) is 80.2 Å².